The molecule has 0 saturated carbocycles. The van der Waals surface area contributed by atoms with E-state index in [4.69, 9.17) is 21.1 Å². The zero-order chi connectivity index (χ0) is 21.2. The van der Waals surface area contributed by atoms with Crippen LogP contribution >= 0.6 is 11.6 Å². The molecule has 2 N–H and O–H groups in total. The number of halogens is 1. The highest BCUT2D eigenvalue weighted by Crippen LogP contribution is 2.19. The quantitative estimate of drug-likeness (QED) is 0.363. The molecule has 8 nitrogen and oxygen atoms in total. The molecule has 166 valence electrons. The van der Waals surface area contributed by atoms with Gasteiger partial charge in [-0.05, 0) is 37.1 Å². The number of nitrogens with one attached hydrogen (secondary N) is 2. The summed E-state index contributed by atoms with van der Waals surface area (Å²) in [6, 6.07) is 7.83. The molecule has 0 spiro atoms. The largest absolute Gasteiger partial charge is 0.379 e. The molecule has 2 saturated heterocycles. The molecule has 0 aliphatic carbocycles. The second kappa shape index (κ2) is 12.0. The Balaban J connectivity index is 1.29. The minimum absolute atomic E-state index is 0.0817. The van der Waals surface area contributed by atoms with Crippen molar-refractivity contribution in [2.24, 2.45) is 4.99 Å². The van der Waals surface area contributed by atoms with E-state index in [0.29, 0.717) is 32.3 Å². The van der Waals surface area contributed by atoms with Gasteiger partial charge in [0.05, 0.1) is 19.3 Å². The van der Waals surface area contributed by atoms with Crippen molar-refractivity contribution >= 4 is 29.2 Å². The van der Waals surface area contributed by atoms with E-state index < -0.39 is 0 Å². The van der Waals surface area contributed by atoms with Crippen LogP contribution in [0.4, 0.5) is 5.69 Å². The molecule has 2 aliphatic rings. The van der Waals surface area contributed by atoms with Crippen molar-refractivity contribution in [2.45, 2.75) is 18.9 Å². The predicted octanol–water partition coefficient (Wildman–Crippen LogP) is 1.35. The molecular formula is C21H32ClN5O3. The lowest BCUT2D eigenvalue weighted by Crippen LogP contribution is -2.52. The van der Waals surface area contributed by atoms with E-state index in [9.17, 15) is 4.79 Å². The molecule has 0 aromatic heterocycles. The number of anilines is 1. The number of amides is 1. The van der Waals surface area contributed by atoms with Gasteiger partial charge in [0.1, 0.15) is 0 Å². The third-order valence-electron chi connectivity index (χ3n) is 5.31. The van der Waals surface area contributed by atoms with Crippen LogP contribution in [-0.4, -0.2) is 89.0 Å². The monoisotopic (exact) mass is 437 g/mol. The highest BCUT2D eigenvalue weighted by atomic mass is 35.5. The number of ether oxygens (including phenoxy) is 2. The molecule has 1 amide bonds. The number of carbonyl (C=O) groups excluding carboxylic acids is 1. The van der Waals surface area contributed by atoms with E-state index in [1.807, 2.05) is 29.2 Å². The Bertz CT molecular complexity index is 686. The first-order chi connectivity index (χ1) is 14.7. The summed E-state index contributed by atoms with van der Waals surface area (Å²) in [4.78, 5) is 20.9. The first-order valence-electron chi connectivity index (χ1n) is 10.6. The highest BCUT2D eigenvalue weighted by molar-refractivity contribution is 6.30. The molecule has 9 heteroatoms. The molecule has 2 aliphatic heterocycles. The van der Waals surface area contributed by atoms with Crippen molar-refractivity contribution in [1.82, 2.24) is 15.5 Å². The number of benzene rings is 1. The Hall–Kier alpha value is -2.03. The van der Waals surface area contributed by atoms with Gasteiger partial charge >= 0.3 is 0 Å². The van der Waals surface area contributed by atoms with Gasteiger partial charge in [0.25, 0.3) is 0 Å². The van der Waals surface area contributed by atoms with E-state index in [-0.39, 0.29) is 18.6 Å². The van der Waals surface area contributed by atoms with Crippen LogP contribution in [0, 0.1) is 0 Å². The molecule has 1 atom stereocenters. The number of piperazine rings is 1. The van der Waals surface area contributed by atoms with Crippen LogP contribution in [0.1, 0.15) is 12.8 Å². The van der Waals surface area contributed by atoms with E-state index in [1.54, 1.807) is 7.05 Å². The standard InChI is InChI=1S/C21H32ClN5O3/c1-23-21(24-8-2-13-30-19-7-14-29-16-19)25-15-20(28)27-11-9-26(10-12-27)18-5-3-17(22)4-6-18/h3-6,19H,2,7-16H2,1H3,(H2,23,24,25). The fourth-order valence-corrected chi connectivity index (χ4v) is 3.66. The van der Waals surface area contributed by atoms with Crippen molar-refractivity contribution in [3.8, 4) is 0 Å². The highest BCUT2D eigenvalue weighted by Gasteiger charge is 2.21. The molecule has 1 unspecified atom stereocenters. The van der Waals surface area contributed by atoms with Crippen LogP contribution < -0.4 is 15.5 Å². The summed E-state index contributed by atoms with van der Waals surface area (Å²) in [6.45, 7) is 6.19. The summed E-state index contributed by atoms with van der Waals surface area (Å²) in [5.41, 5.74) is 1.14. The fraction of sp³-hybridized carbons (Fsp3) is 0.619. The van der Waals surface area contributed by atoms with Gasteiger partial charge in [-0.1, -0.05) is 11.6 Å². The average Bonchev–Trinajstić information content (AvgIpc) is 3.29. The van der Waals surface area contributed by atoms with Crippen LogP contribution in [0.25, 0.3) is 0 Å². The average molecular weight is 438 g/mol. The summed E-state index contributed by atoms with van der Waals surface area (Å²) < 4.78 is 11.0. The molecule has 0 bridgehead atoms. The SMILES string of the molecule is CN=C(NCCCOC1CCOC1)NCC(=O)N1CCN(c2ccc(Cl)cc2)CC1. The van der Waals surface area contributed by atoms with E-state index in [1.165, 1.54) is 0 Å². The Labute approximate surface area is 183 Å². The van der Waals surface area contributed by atoms with Gasteiger partial charge in [-0.2, -0.15) is 0 Å². The second-order valence-electron chi connectivity index (χ2n) is 7.41. The summed E-state index contributed by atoms with van der Waals surface area (Å²) >= 11 is 5.96. The number of guanidine groups is 1. The minimum Gasteiger partial charge on any atom is -0.379 e. The number of rotatable bonds is 8. The van der Waals surface area contributed by atoms with E-state index in [2.05, 4.69) is 20.5 Å². The maximum Gasteiger partial charge on any atom is 0.242 e. The summed E-state index contributed by atoms with van der Waals surface area (Å²) in [5.74, 6) is 0.714. The zero-order valence-corrected chi connectivity index (χ0v) is 18.4. The van der Waals surface area contributed by atoms with Gasteiger partial charge in [0.2, 0.25) is 5.91 Å². The van der Waals surface area contributed by atoms with Crippen molar-refractivity contribution in [3.05, 3.63) is 29.3 Å². The predicted molar refractivity (Wildman–Crippen MR) is 119 cm³/mol. The third kappa shape index (κ3) is 7.04. The van der Waals surface area contributed by atoms with Crippen molar-refractivity contribution in [2.75, 3.05) is 71.0 Å². The van der Waals surface area contributed by atoms with E-state index >= 15 is 0 Å². The Morgan fingerprint density at radius 1 is 1.23 bits per heavy atom. The third-order valence-corrected chi connectivity index (χ3v) is 5.56. The van der Waals surface area contributed by atoms with Crippen molar-refractivity contribution < 1.29 is 14.3 Å². The topological polar surface area (TPSA) is 78.4 Å². The molecular weight excluding hydrogens is 406 g/mol. The molecule has 1 aromatic rings. The van der Waals surface area contributed by atoms with Crippen LogP contribution in [0.5, 0.6) is 0 Å². The molecule has 2 heterocycles. The van der Waals surface area contributed by atoms with Gasteiger partial charge in [0.15, 0.2) is 5.96 Å². The Kier molecular flexibility index (Phi) is 9.04. The molecule has 1 aromatic carbocycles. The van der Waals surface area contributed by atoms with Crippen LogP contribution in [0.15, 0.2) is 29.3 Å². The first-order valence-corrected chi connectivity index (χ1v) is 11.0. The zero-order valence-electron chi connectivity index (χ0n) is 17.6. The lowest BCUT2D eigenvalue weighted by Gasteiger charge is -2.36. The fourth-order valence-electron chi connectivity index (χ4n) is 3.53. The molecule has 0 radical (unpaired) electrons. The van der Waals surface area contributed by atoms with Crippen LogP contribution in [0.3, 0.4) is 0 Å². The number of hydrogen-bond acceptors (Lipinski definition) is 5. The lowest BCUT2D eigenvalue weighted by atomic mass is 10.2. The van der Waals surface area contributed by atoms with Crippen molar-refractivity contribution in [3.63, 3.8) is 0 Å². The van der Waals surface area contributed by atoms with Crippen LogP contribution in [-0.2, 0) is 14.3 Å². The van der Waals surface area contributed by atoms with Gasteiger partial charge in [0, 0.05) is 63.7 Å². The van der Waals surface area contributed by atoms with Gasteiger partial charge in [-0.3, -0.25) is 9.79 Å². The normalized spacial score (nSPS) is 19.8. The maximum absolute atomic E-state index is 12.5. The van der Waals surface area contributed by atoms with Gasteiger partial charge in [-0.25, -0.2) is 0 Å². The minimum atomic E-state index is 0.0817. The summed E-state index contributed by atoms with van der Waals surface area (Å²) in [5, 5.41) is 7.06. The number of nitrogens with zero attached hydrogens (tertiary/aromatic N) is 3. The smallest absolute Gasteiger partial charge is 0.242 e. The van der Waals surface area contributed by atoms with Gasteiger partial charge in [-0.15, -0.1) is 0 Å². The first kappa shape index (κ1) is 22.7. The molecule has 30 heavy (non-hydrogen) atoms. The number of aliphatic imine (C=N–C) groups is 1. The summed E-state index contributed by atoms with van der Waals surface area (Å²) in [6.07, 6.45) is 2.09. The van der Waals surface area contributed by atoms with E-state index in [0.717, 1.165) is 49.8 Å². The number of hydrogen-bond donors (Lipinski definition) is 2. The van der Waals surface area contributed by atoms with Crippen molar-refractivity contribution in [1.29, 1.82) is 0 Å². The Morgan fingerprint density at radius 2 is 2.00 bits per heavy atom. The maximum atomic E-state index is 12.5. The second-order valence-corrected chi connectivity index (χ2v) is 7.84. The summed E-state index contributed by atoms with van der Waals surface area (Å²) in [7, 11) is 1.71. The number of carbonyl (C=O) groups is 1. The lowest BCUT2D eigenvalue weighted by molar-refractivity contribution is -0.130. The van der Waals surface area contributed by atoms with Gasteiger partial charge < -0.3 is 29.9 Å². The molecule has 3 rings (SSSR count). The molecule has 2 fully saturated rings. The Morgan fingerprint density at radius 3 is 2.67 bits per heavy atom. The van der Waals surface area contributed by atoms with Crippen LogP contribution in [0.2, 0.25) is 5.02 Å².